The number of para-hydroxylation sites is 1. The van der Waals surface area contributed by atoms with E-state index in [0.29, 0.717) is 18.9 Å². The van der Waals surface area contributed by atoms with Gasteiger partial charge in [-0.2, -0.15) is 0 Å². The number of fused-ring (bicyclic) bond motifs is 1. The van der Waals surface area contributed by atoms with E-state index in [0.717, 1.165) is 63.4 Å². The largest absolute Gasteiger partial charge is 0.356 e. The van der Waals surface area contributed by atoms with Crippen molar-refractivity contribution in [2.24, 2.45) is 10.9 Å². The average molecular weight is 553 g/mol. The molecule has 0 bridgehead atoms. The molecule has 176 valence electrons. The average Bonchev–Trinajstić information content (AvgIpc) is 3.55. The van der Waals surface area contributed by atoms with E-state index in [1.807, 2.05) is 28.0 Å². The van der Waals surface area contributed by atoms with Gasteiger partial charge in [-0.25, -0.2) is 0 Å². The fourth-order valence-corrected chi connectivity index (χ4v) is 5.08. The molecular formula is C24H36IN5O2. The van der Waals surface area contributed by atoms with Gasteiger partial charge in [-0.1, -0.05) is 31.0 Å². The third kappa shape index (κ3) is 5.94. The number of guanidine groups is 1. The Morgan fingerprint density at radius 3 is 2.69 bits per heavy atom. The summed E-state index contributed by atoms with van der Waals surface area (Å²) in [7, 11) is 1.76. The van der Waals surface area contributed by atoms with Gasteiger partial charge in [0.2, 0.25) is 11.8 Å². The highest BCUT2D eigenvalue weighted by atomic mass is 127. The third-order valence-electron chi connectivity index (χ3n) is 6.82. The van der Waals surface area contributed by atoms with Crippen molar-refractivity contribution in [2.45, 2.75) is 57.4 Å². The Morgan fingerprint density at radius 2 is 1.91 bits per heavy atom. The molecule has 2 heterocycles. The number of hydrogen-bond donors (Lipinski definition) is 2. The van der Waals surface area contributed by atoms with Crippen LogP contribution >= 0.6 is 24.0 Å². The standard InChI is InChI=1S/C24H35N5O2.HI/c1-25-24(27-20-13-15-28(17-20)23(31)19-8-2-3-9-19)26-14-6-11-22(30)29-16-12-18-7-4-5-10-21(18)29;/h4-5,7,10,19-20H,2-3,6,8-9,11-17H2,1H3,(H2,25,26,27);1H. The Morgan fingerprint density at radius 1 is 1.12 bits per heavy atom. The summed E-state index contributed by atoms with van der Waals surface area (Å²) < 4.78 is 0. The molecule has 32 heavy (non-hydrogen) atoms. The predicted molar refractivity (Wildman–Crippen MR) is 139 cm³/mol. The molecule has 2 aliphatic heterocycles. The van der Waals surface area contributed by atoms with Crippen LogP contribution in [0.4, 0.5) is 5.69 Å². The van der Waals surface area contributed by atoms with Gasteiger partial charge in [-0.15, -0.1) is 24.0 Å². The predicted octanol–water partition coefficient (Wildman–Crippen LogP) is 2.93. The summed E-state index contributed by atoms with van der Waals surface area (Å²) in [4.78, 5) is 33.5. The molecule has 2 amide bonds. The number of amides is 2. The van der Waals surface area contributed by atoms with Gasteiger partial charge in [0.05, 0.1) is 0 Å². The number of halogens is 1. The Hall–Kier alpha value is -1.84. The molecular weight excluding hydrogens is 517 g/mol. The summed E-state index contributed by atoms with van der Waals surface area (Å²) in [6, 6.07) is 8.40. The molecule has 7 nitrogen and oxygen atoms in total. The fourth-order valence-electron chi connectivity index (χ4n) is 5.08. The van der Waals surface area contributed by atoms with Crippen LogP contribution in [0.2, 0.25) is 0 Å². The first kappa shape index (κ1) is 24.8. The summed E-state index contributed by atoms with van der Waals surface area (Å²) >= 11 is 0. The van der Waals surface area contributed by atoms with Gasteiger partial charge in [0.1, 0.15) is 0 Å². The quantitative estimate of drug-likeness (QED) is 0.246. The number of nitrogens with one attached hydrogen (secondary N) is 2. The highest BCUT2D eigenvalue weighted by Gasteiger charge is 2.32. The number of carbonyl (C=O) groups excluding carboxylic acids is 2. The Balaban J connectivity index is 0.00000289. The monoisotopic (exact) mass is 553 g/mol. The maximum atomic E-state index is 12.6. The Labute approximate surface area is 208 Å². The molecule has 2 N–H and O–H groups in total. The lowest BCUT2D eigenvalue weighted by atomic mass is 10.1. The van der Waals surface area contributed by atoms with E-state index in [9.17, 15) is 9.59 Å². The van der Waals surface area contributed by atoms with Crippen LogP contribution in [0, 0.1) is 5.92 Å². The van der Waals surface area contributed by atoms with E-state index in [1.54, 1.807) is 7.05 Å². The molecule has 0 aromatic heterocycles. The highest BCUT2D eigenvalue weighted by molar-refractivity contribution is 14.0. The van der Waals surface area contributed by atoms with Crippen molar-refractivity contribution >= 4 is 47.4 Å². The van der Waals surface area contributed by atoms with Gasteiger partial charge in [-0.3, -0.25) is 14.6 Å². The van der Waals surface area contributed by atoms with Crippen molar-refractivity contribution in [3.8, 4) is 0 Å². The van der Waals surface area contributed by atoms with Crippen LogP contribution in [0.5, 0.6) is 0 Å². The molecule has 3 aliphatic rings. The second-order valence-corrected chi connectivity index (χ2v) is 8.92. The number of carbonyl (C=O) groups is 2. The minimum absolute atomic E-state index is 0. The molecule has 0 radical (unpaired) electrons. The SMILES string of the molecule is CN=C(NCCCC(=O)N1CCc2ccccc21)NC1CCN(C(=O)C2CCCC2)C1.I. The van der Waals surface area contributed by atoms with Gasteiger partial charge in [0.15, 0.2) is 5.96 Å². The minimum atomic E-state index is 0. The Bertz CT molecular complexity index is 824. The molecule has 2 fully saturated rings. The number of nitrogens with zero attached hydrogens (tertiary/aromatic N) is 3. The number of anilines is 1. The second-order valence-electron chi connectivity index (χ2n) is 8.92. The van der Waals surface area contributed by atoms with E-state index in [4.69, 9.17) is 0 Å². The zero-order valence-corrected chi connectivity index (χ0v) is 21.3. The molecule has 1 saturated carbocycles. The molecule has 1 atom stereocenters. The summed E-state index contributed by atoms with van der Waals surface area (Å²) in [5.74, 6) is 1.52. The maximum absolute atomic E-state index is 12.6. The molecule has 1 aliphatic carbocycles. The van der Waals surface area contributed by atoms with Crippen molar-refractivity contribution in [1.29, 1.82) is 0 Å². The number of benzene rings is 1. The maximum Gasteiger partial charge on any atom is 0.227 e. The Kier molecular flexibility index (Phi) is 9.19. The van der Waals surface area contributed by atoms with Crippen molar-refractivity contribution in [3.63, 3.8) is 0 Å². The van der Waals surface area contributed by atoms with Gasteiger partial charge in [0.25, 0.3) is 0 Å². The van der Waals surface area contributed by atoms with Gasteiger partial charge >= 0.3 is 0 Å². The summed E-state index contributed by atoms with van der Waals surface area (Å²) in [5, 5.41) is 6.77. The van der Waals surface area contributed by atoms with Crippen molar-refractivity contribution in [1.82, 2.24) is 15.5 Å². The van der Waals surface area contributed by atoms with Crippen LogP contribution in [0.15, 0.2) is 29.3 Å². The molecule has 8 heteroatoms. The first-order valence-corrected chi connectivity index (χ1v) is 11.8. The van der Waals surface area contributed by atoms with Crippen molar-refractivity contribution < 1.29 is 9.59 Å². The normalized spacial score (nSPS) is 20.8. The molecule has 1 aromatic carbocycles. The smallest absolute Gasteiger partial charge is 0.227 e. The number of aliphatic imine (C=N–C) groups is 1. The number of rotatable bonds is 6. The van der Waals surface area contributed by atoms with Crippen LogP contribution in [-0.2, 0) is 16.0 Å². The summed E-state index contributed by atoms with van der Waals surface area (Å²) in [6.07, 6.45) is 7.66. The van der Waals surface area contributed by atoms with Gasteiger partial charge < -0.3 is 20.4 Å². The first-order valence-electron chi connectivity index (χ1n) is 11.8. The van der Waals surface area contributed by atoms with E-state index < -0.39 is 0 Å². The summed E-state index contributed by atoms with van der Waals surface area (Å²) in [5.41, 5.74) is 2.33. The van der Waals surface area contributed by atoms with E-state index >= 15 is 0 Å². The van der Waals surface area contributed by atoms with E-state index in [2.05, 4.69) is 21.7 Å². The van der Waals surface area contributed by atoms with Gasteiger partial charge in [-0.05, 0) is 43.7 Å². The van der Waals surface area contributed by atoms with Crippen molar-refractivity contribution in [2.75, 3.05) is 38.1 Å². The third-order valence-corrected chi connectivity index (χ3v) is 6.82. The molecule has 0 spiro atoms. The van der Waals surface area contributed by atoms with E-state index in [-0.39, 0.29) is 41.8 Å². The van der Waals surface area contributed by atoms with Crippen molar-refractivity contribution in [3.05, 3.63) is 29.8 Å². The summed E-state index contributed by atoms with van der Waals surface area (Å²) in [6.45, 7) is 3.06. The second kappa shape index (κ2) is 11.9. The number of hydrogen-bond acceptors (Lipinski definition) is 3. The molecule has 4 rings (SSSR count). The topological polar surface area (TPSA) is 77.0 Å². The first-order chi connectivity index (χ1) is 15.2. The lowest BCUT2D eigenvalue weighted by molar-refractivity contribution is -0.134. The highest BCUT2D eigenvalue weighted by Crippen LogP contribution is 2.28. The van der Waals surface area contributed by atoms with Crippen LogP contribution < -0.4 is 15.5 Å². The molecule has 1 saturated heterocycles. The van der Waals surface area contributed by atoms with Crippen LogP contribution in [0.1, 0.15) is 50.5 Å². The van der Waals surface area contributed by atoms with Gasteiger partial charge in [0, 0.05) is 57.3 Å². The van der Waals surface area contributed by atoms with Crippen LogP contribution in [0.3, 0.4) is 0 Å². The minimum Gasteiger partial charge on any atom is -0.356 e. The fraction of sp³-hybridized carbons (Fsp3) is 0.625. The van der Waals surface area contributed by atoms with Crippen LogP contribution in [0.25, 0.3) is 0 Å². The molecule has 1 aromatic rings. The molecule has 1 unspecified atom stereocenters. The number of likely N-dealkylation sites (tertiary alicyclic amines) is 1. The lowest BCUT2D eigenvalue weighted by Crippen LogP contribution is -2.45. The lowest BCUT2D eigenvalue weighted by Gasteiger charge is -2.21. The van der Waals surface area contributed by atoms with E-state index in [1.165, 1.54) is 18.4 Å². The zero-order valence-electron chi connectivity index (χ0n) is 19.0. The zero-order chi connectivity index (χ0) is 21.6. The van der Waals surface area contributed by atoms with Crippen LogP contribution in [-0.4, -0.2) is 61.9 Å².